The van der Waals surface area contributed by atoms with Crippen molar-refractivity contribution in [3.8, 4) is 0 Å². The average molecular weight is 296 g/mol. The molecule has 3 unspecified atom stereocenters. The molecule has 2 aliphatic rings. The van der Waals surface area contributed by atoms with Gasteiger partial charge in [-0.25, -0.2) is 0 Å². The summed E-state index contributed by atoms with van der Waals surface area (Å²) in [4.78, 5) is 26.2. The number of carbonyl (C=O) groups excluding carboxylic acids is 2. The van der Waals surface area contributed by atoms with E-state index in [-0.39, 0.29) is 17.7 Å². The molecule has 21 heavy (non-hydrogen) atoms. The van der Waals surface area contributed by atoms with E-state index in [1.165, 1.54) is 0 Å². The molecule has 0 spiro atoms. The molecule has 0 aromatic rings. The van der Waals surface area contributed by atoms with Crippen molar-refractivity contribution in [3.63, 3.8) is 0 Å². The van der Waals surface area contributed by atoms with Crippen LogP contribution < -0.4 is 5.32 Å². The van der Waals surface area contributed by atoms with E-state index in [2.05, 4.69) is 19.2 Å². The highest BCUT2D eigenvalue weighted by molar-refractivity contribution is 5.89. The summed E-state index contributed by atoms with van der Waals surface area (Å²) < 4.78 is 0. The molecular formula is C16H28N2O3. The predicted molar refractivity (Wildman–Crippen MR) is 80.5 cm³/mol. The Labute approximate surface area is 127 Å². The SMILES string of the molecule is CC(C)CC1CCN(C(=O)C(NC(=O)C2CC2)C(C)O)C1. The summed E-state index contributed by atoms with van der Waals surface area (Å²) in [6.07, 6.45) is 3.08. The summed E-state index contributed by atoms with van der Waals surface area (Å²) in [5.74, 6) is 0.999. The third-order valence-corrected chi connectivity index (χ3v) is 4.40. The van der Waals surface area contributed by atoms with E-state index in [1.54, 1.807) is 11.8 Å². The molecule has 2 rings (SSSR count). The number of hydrogen-bond acceptors (Lipinski definition) is 3. The van der Waals surface area contributed by atoms with E-state index in [0.717, 1.165) is 38.8 Å². The van der Waals surface area contributed by atoms with Crippen LogP contribution in [-0.2, 0) is 9.59 Å². The molecule has 1 aliphatic carbocycles. The Kier molecular flexibility index (Phi) is 5.25. The Balaban J connectivity index is 1.90. The van der Waals surface area contributed by atoms with Crippen LogP contribution in [0, 0.1) is 17.8 Å². The Hall–Kier alpha value is -1.10. The fourth-order valence-electron chi connectivity index (χ4n) is 3.09. The molecule has 0 aromatic heterocycles. The lowest BCUT2D eigenvalue weighted by Gasteiger charge is -2.26. The van der Waals surface area contributed by atoms with Crippen molar-refractivity contribution in [3.05, 3.63) is 0 Å². The van der Waals surface area contributed by atoms with E-state index < -0.39 is 12.1 Å². The molecule has 0 bridgehead atoms. The van der Waals surface area contributed by atoms with Crippen LogP contribution in [0.25, 0.3) is 0 Å². The van der Waals surface area contributed by atoms with Gasteiger partial charge in [-0.15, -0.1) is 0 Å². The lowest BCUT2D eigenvalue weighted by Crippen LogP contribution is -2.53. The van der Waals surface area contributed by atoms with Crippen molar-refractivity contribution in [2.45, 2.75) is 58.6 Å². The van der Waals surface area contributed by atoms with Gasteiger partial charge in [-0.3, -0.25) is 9.59 Å². The van der Waals surface area contributed by atoms with Crippen molar-refractivity contribution >= 4 is 11.8 Å². The monoisotopic (exact) mass is 296 g/mol. The summed E-state index contributed by atoms with van der Waals surface area (Å²) in [6.45, 7) is 7.44. The third-order valence-electron chi connectivity index (χ3n) is 4.40. The Morgan fingerprint density at radius 3 is 2.43 bits per heavy atom. The summed E-state index contributed by atoms with van der Waals surface area (Å²) in [5.41, 5.74) is 0. The molecule has 1 saturated heterocycles. The molecule has 0 radical (unpaired) electrons. The number of amides is 2. The third kappa shape index (κ3) is 4.43. The van der Waals surface area contributed by atoms with Gasteiger partial charge in [-0.05, 0) is 44.4 Å². The zero-order chi connectivity index (χ0) is 15.6. The average Bonchev–Trinajstić information content (AvgIpc) is 3.15. The molecule has 5 heteroatoms. The topological polar surface area (TPSA) is 69.6 Å². The molecule has 0 aromatic carbocycles. The highest BCUT2D eigenvalue weighted by atomic mass is 16.3. The zero-order valence-electron chi connectivity index (χ0n) is 13.3. The Morgan fingerprint density at radius 1 is 1.24 bits per heavy atom. The molecule has 2 fully saturated rings. The van der Waals surface area contributed by atoms with E-state index >= 15 is 0 Å². The van der Waals surface area contributed by atoms with Crippen molar-refractivity contribution in [1.82, 2.24) is 10.2 Å². The lowest BCUT2D eigenvalue weighted by molar-refractivity contribution is -0.138. The Morgan fingerprint density at radius 2 is 1.90 bits per heavy atom. The van der Waals surface area contributed by atoms with Gasteiger partial charge in [0.25, 0.3) is 0 Å². The molecule has 1 saturated carbocycles. The van der Waals surface area contributed by atoms with Gasteiger partial charge in [-0.1, -0.05) is 13.8 Å². The van der Waals surface area contributed by atoms with Gasteiger partial charge in [0, 0.05) is 19.0 Å². The highest BCUT2D eigenvalue weighted by Gasteiger charge is 2.37. The van der Waals surface area contributed by atoms with Gasteiger partial charge in [0.15, 0.2) is 0 Å². The number of aliphatic hydroxyl groups excluding tert-OH is 1. The number of hydrogen-bond donors (Lipinski definition) is 2. The lowest BCUT2D eigenvalue weighted by atomic mass is 9.97. The second-order valence-corrected chi connectivity index (χ2v) is 7.07. The van der Waals surface area contributed by atoms with Gasteiger partial charge in [0.05, 0.1) is 6.10 Å². The van der Waals surface area contributed by atoms with Gasteiger partial charge in [-0.2, -0.15) is 0 Å². The maximum absolute atomic E-state index is 12.5. The van der Waals surface area contributed by atoms with E-state index in [9.17, 15) is 14.7 Å². The molecule has 1 aliphatic heterocycles. The van der Waals surface area contributed by atoms with Crippen LogP contribution in [-0.4, -0.2) is 47.1 Å². The molecule has 3 atom stereocenters. The van der Waals surface area contributed by atoms with Gasteiger partial charge >= 0.3 is 0 Å². The molecule has 120 valence electrons. The zero-order valence-corrected chi connectivity index (χ0v) is 13.3. The maximum atomic E-state index is 12.5. The number of rotatable bonds is 6. The van der Waals surface area contributed by atoms with Crippen molar-refractivity contribution < 1.29 is 14.7 Å². The summed E-state index contributed by atoms with van der Waals surface area (Å²) in [5, 5.41) is 12.6. The first-order valence-electron chi connectivity index (χ1n) is 8.15. The first-order chi connectivity index (χ1) is 9.88. The molecule has 2 amide bonds. The van der Waals surface area contributed by atoms with Crippen molar-refractivity contribution in [2.24, 2.45) is 17.8 Å². The number of nitrogens with zero attached hydrogens (tertiary/aromatic N) is 1. The second-order valence-electron chi connectivity index (χ2n) is 7.07. The normalized spacial score (nSPS) is 25.0. The highest BCUT2D eigenvalue weighted by Crippen LogP contribution is 2.29. The molecule has 1 heterocycles. The standard InChI is InChI=1S/C16H28N2O3/c1-10(2)8-12-6-7-18(9-12)16(21)14(11(3)19)17-15(20)13-4-5-13/h10-14,19H,4-9H2,1-3H3,(H,17,20). The van der Waals surface area contributed by atoms with Crippen LogP contribution >= 0.6 is 0 Å². The minimum atomic E-state index is -0.857. The number of likely N-dealkylation sites (tertiary alicyclic amines) is 1. The Bertz CT molecular complexity index is 391. The first kappa shape index (κ1) is 16.3. The fourth-order valence-corrected chi connectivity index (χ4v) is 3.09. The van der Waals surface area contributed by atoms with Crippen LogP contribution in [0.1, 0.15) is 46.5 Å². The summed E-state index contributed by atoms with van der Waals surface area (Å²) >= 11 is 0. The van der Waals surface area contributed by atoms with Crippen LogP contribution in [0.2, 0.25) is 0 Å². The van der Waals surface area contributed by atoms with E-state index in [0.29, 0.717) is 11.8 Å². The van der Waals surface area contributed by atoms with Gasteiger partial charge < -0.3 is 15.3 Å². The van der Waals surface area contributed by atoms with E-state index in [1.807, 2.05) is 0 Å². The van der Waals surface area contributed by atoms with Gasteiger partial charge in [0.2, 0.25) is 11.8 Å². The molecule has 2 N–H and O–H groups in total. The molecule has 5 nitrogen and oxygen atoms in total. The number of nitrogens with one attached hydrogen (secondary N) is 1. The quantitative estimate of drug-likeness (QED) is 0.772. The van der Waals surface area contributed by atoms with Crippen LogP contribution in [0.15, 0.2) is 0 Å². The summed E-state index contributed by atoms with van der Waals surface area (Å²) in [7, 11) is 0. The van der Waals surface area contributed by atoms with Crippen LogP contribution in [0.3, 0.4) is 0 Å². The first-order valence-corrected chi connectivity index (χ1v) is 8.15. The van der Waals surface area contributed by atoms with E-state index in [4.69, 9.17) is 0 Å². The minimum Gasteiger partial charge on any atom is -0.391 e. The molecular weight excluding hydrogens is 268 g/mol. The summed E-state index contributed by atoms with van der Waals surface area (Å²) in [6, 6.07) is -0.795. The maximum Gasteiger partial charge on any atom is 0.247 e. The largest absolute Gasteiger partial charge is 0.391 e. The number of aliphatic hydroxyl groups is 1. The predicted octanol–water partition coefficient (Wildman–Crippen LogP) is 1.16. The van der Waals surface area contributed by atoms with Crippen LogP contribution in [0.4, 0.5) is 0 Å². The van der Waals surface area contributed by atoms with Gasteiger partial charge in [0.1, 0.15) is 6.04 Å². The minimum absolute atomic E-state index is 0.0475. The van der Waals surface area contributed by atoms with Crippen LogP contribution in [0.5, 0.6) is 0 Å². The van der Waals surface area contributed by atoms with Crippen molar-refractivity contribution in [1.29, 1.82) is 0 Å². The number of carbonyl (C=O) groups is 2. The fraction of sp³-hybridized carbons (Fsp3) is 0.875. The van der Waals surface area contributed by atoms with Crippen molar-refractivity contribution in [2.75, 3.05) is 13.1 Å². The smallest absolute Gasteiger partial charge is 0.247 e. The second kappa shape index (κ2) is 6.77.